The second-order valence-corrected chi connectivity index (χ2v) is 14.4. The Kier molecular flexibility index (Phi) is 7.19. The van der Waals surface area contributed by atoms with Gasteiger partial charge in [0.05, 0.1) is 22.4 Å². The molecule has 9 aromatic rings. The topological polar surface area (TPSA) is 16.4 Å². The highest BCUT2D eigenvalue weighted by molar-refractivity contribution is 6.17. The van der Waals surface area contributed by atoms with Crippen molar-refractivity contribution in [1.82, 2.24) is 0 Å². The molecule has 0 atom stereocenters. The van der Waals surface area contributed by atoms with E-state index in [4.69, 9.17) is 4.42 Å². The monoisotopic (exact) mass is 679 g/mol. The molecular formula is C51H37NO. The fraction of sp³-hybridized carbons (Fsp3) is 0.0588. The Morgan fingerprint density at radius 3 is 1.66 bits per heavy atom. The van der Waals surface area contributed by atoms with Crippen LogP contribution in [0.4, 0.5) is 17.1 Å². The normalized spacial score (nSPS) is 12.9. The lowest BCUT2D eigenvalue weighted by molar-refractivity contribution is 0.661. The number of furan rings is 1. The molecule has 0 radical (unpaired) electrons. The van der Waals surface area contributed by atoms with E-state index in [2.05, 4.69) is 207 Å². The van der Waals surface area contributed by atoms with E-state index in [-0.39, 0.29) is 5.41 Å². The molecule has 0 spiro atoms. The summed E-state index contributed by atoms with van der Waals surface area (Å²) < 4.78 is 6.84. The summed E-state index contributed by atoms with van der Waals surface area (Å²) in [5.74, 6) is 0. The highest BCUT2D eigenvalue weighted by Crippen LogP contribution is 2.58. The van der Waals surface area contributed by atoms with Crippen molar-refractivity contribution in [2.24, 2.45) is 0 Å². The van der Waals surface area contributed by atoms with E-state index in [0.29, 0.717) is 0 Å². The largest absolute Gasteiger partial charge is 0.455 e. The fourth-order valence-electron chi connectivity index (χ4n) is 8.73. The van der Waals surface area contributed by atoms with Crippen LogP contribution in [0.5, 0.6) is 0 Å². The molecule has 0 fully saturated rings. The summed E-state index contributed by atoms with van der Waals surface area (Å²) in [6.07, 6.45) is 0. The molecule has 53 heavy (non-hydrogen) atoms. The van der Waals surface area contributed by atoms with E-state index in [9.17, 15) is 0 Å². The van der Waals surface area contributed by atoms with Crippen molar-refractivity contribution in [3.05, 3.63) is 199 Å². The molecule has 0 aliphatic heterocycles. The SMILES string of the molecule is CC1(C)c2cccc(-c3ccccc3)c2-c2cccc(N(c3ccccc3-c3ccccc3)c3cccc4oc5c(-c6ccccc6)cccc5c34)c21. The van der Waals surface area contributed by atoms with Crippen molar-refractivity contribution < 1.29 is 4.42 Å². The first-order valence-electron chi connectivity index (χ1n) is 18.4. The van der Waals surface area contributed by atoms with Gasteiger partial charge >= 0.3 is 0 Å². The van der Waals surface area contributed by atoms with E-state index in [1.54, 1.807) is 0 Å². The lowest BCUT2D eigenvalue weighted by Gasteiger charge is -2.33. The highest BCUT2D eigenvalue weighted by Gasteiger charge is 2.40. The Labute approximate surface area is 310 Å². The van der Waals surface area contributed by atoms with Crippen LogP contribution in [0, 0.1) is 0 Å². The van der Waals surface area contributed by atoms with E-state index >= 15 is 0 Å². The van der Waals surface area contributed by atoms with Gasteiger partial charge in [0.25, 0.3) is 0 Å². The molecule has 8 aromatic carbocycles. The number of benzene rings is 8. The molecule has 1 aliphatic carbocycles. The van der Waals surface area contributed by atoms with Crippen molar-refractivity contribution in [2.75, 3.05) is 4.90 Å². The zero-order valence-corrected chi connectivity index (χ0v) is 29.8. The summed E-state index contributed by atoms with van der Waals surface area (Å²) >= 11 is 0. The third-order valence-corrected chi connectivity index (χ3v) is 11.1. The lowest BCUT2D eigenvalue weighted by Crippen LogP contribution is -2.21. The number of fused-ring (bicyclic) bond motifs is 6. The van der Waals surface area contributed by atoms with E-state index < -0.39 is 0 Å². The summed E-state index contributed by atoms with van der Waals surface area (Å²) in [5, 5.41) is 2.19. The molecule has 1 aromatic heterocycles. The van der Waals surface area contributed by atoms with E-state index in [1.165, 1.54) is 44.5 Å². The van der Waals surface area contributed by atoms with Crippen molar-refractivity contribution >= 4 is 39.0 Å². The van der Waals surface area contributed by atoms with Gasteiger partial charge in [-0.25, -0.2) is 0 Å². The number of anilines is 3. The van der Waals surface area contributed by atoms with Crippen molar-refractivity contribution in [2.45, 2.75) is 19.3 Å². The second kappa shape index (κ2) is 12.3. The third-order valence-electron chi connectivity index (χ3n) is 11.1. The summed E-state index contributed by atoms with van der Waals surface area (Å²) in [5.41, 5.74) is 17.2. The Morgan fingerprint density at radius 1 is 0.415 bits per heavy atom. The molecule has 1 aliphatic rings. The van der Waals surface area contributed by atoms with Crippen molar-refractivity contribution in [1.29, 1.82) is 0 Å². The zero-order chi connectivity index (χ0) is 35.5. The quantitative estimate of drug-likeness (QED) is 0.174. The van der Waals surface area contributed by atoms with Crippen LogP contribution in [0.15, 0.2) is 192 Å². The van der Waals surface area contributed by atoms with Gasteiger partial charge in [-0.15, -0.1) is 0 Å². The number of rotatable bonds is 6. The molecule has 0 bridgehead atoms. The molecule has 2 heteroatoms. The van der Waals surface area contributed by atoms with Crippen LogP contribution in [0.1, 0.15) is 25.0 Å². The average molecular weight is 680 g/mol. The molecule has 0 N–H and O–H groups in total. The number of para-hydroxylation sites is 2. The van der Waals surface area contributed by atoms with Gasteiger partial charge in [0.15, 0.2) is 0 Å². The van der Waals surface area contributed by atoms with Gasteiger partial charge in [0.1, 0.15) is 11.2 Å². The van der Waals surface area contributed by atoms with Crippen LogP contribution in [-0.4, -0.2) is 0 Å². The van der Waals surface area contributed by atoms with Crippen LogP contribution in [0.25, 0.3) is 66.4 Å². The minimum absolute atomic E-state index is 0.279. The summed E-state index contributed by atoms with van der Waals surface area (Å²) in [6.45, 7) is 4.77. The summed E-state index contributed by atoms with van der Waals surface area (Å²) in [4.78, 5) is 2.50. The second-order valence-electron chi connectivity index (χ2n) is 14.4. The molecule has 10 rings (SSSR count). The number of hydrogen-bond acceptors (Lipinski definition) is 2. The van der Waals surface area contributed by atoms with E-state index in [0.717, 1.165) is 50.1 Å². The maximum atomic E-state index is 6.84. The third kappa shape index (κ3) is 4.87. The molecule has 0 amide bonds. The van der Waals surface area contributed by atoms with E-state index in [1.807, 2.05) is 0 Å². The average Bonchev–Trinajstić information content (AvgIpc) is 3.72. The number of nitrogens with zero attached hydrogens (tertiary/aromatic N) is 1. The molecule has 252 valence electrons. The van der Waals surface area contributed by atoms with Crippen molar-refractivity contribution in [3.8, 4) is 44.5 Å². The van der Waals surface area contributed by atoms with Crippen LogP contribution >= 0.6 is 0 Å². The standard InChI is InChI=1S/C51H37NO/c1-51(2)42-29-15-25-38(35-20-8-4-9-21-35)47(42)40-27-16-32-45(49(40)51)52(43-30-13-12-24-37(43)34-18-6-3-7-19-34)44-31-17-33-46-48(44)41-28-14-26-39(50(41)53-46)36-22-10-5-11-23-36/h3-33H,1-2H3. The fourth-order valence-corrected chi connectivity index (χ4v) is 8.73. The van der Waals surface area contributed by atoms with Gasteiger partial charge in [-0.1, -0.05) is 178 Å². The molecule has 0 saturated heterocycles. The van der Waals surface area contributed by atoms with Crippen LogP contribution in [0.2, 0.25) is 0 Å². The van der Waals surface area contributed by atoms with Crippen LogP contribution in [0.3, 0.4) is 0 Å². The van der Waals surface area contributed by atoms with Crippen LogP contribution in [-0.2, 0) is 5.41 Å². The predicted octanol–water partition coefficient (Wildman–Crippen LogP) is 14.4. The Morgan fingerprint density at radius 2 is 0.925 bits per heavy atom. The molecule has 1 heterocycles. The molecular weight excluding hydrogens is 643 g/mol. The lowest BCUT2D eigenvalue weighted by atomic mass is 9.80. The van der Waals surface area contributed by atoms with Gasteiger partial charge in [-0.2, -0.15) is 0 Å². The number of hydrogen-bond donors (Lipinski definition) is 0. The Bertz CT molecular complexity index is 2800. The first-order chi connectivity index (χ1) is 26.1. The smallest absolute Gasteiger partial charge is 0.143 e. The van der Waals surface area contributed by atoms with Gasteiger partial charge < -0.3 is 9.32 Å². The van der Waals surface area contributed by atoms with Gasteiger partial charge in [0.2, 0.25) is 0 Å². The van der Waals surface area contributed by atoms with Gasteiger partial charge in [-0.3, -0.25) is 0 Å². The van der Waals surface area contributed by atoms with Gasteiger partial charge in [0, 0.05) is 21.9 Å². The Balaban J connectivity index is 1.29. The first kappa shape index (κ1) is 31.1. The summed E-state index contributed by atoms with van der Waals surface area (Å²) in [7, 11) is 0. The Hall–Kier alpha value is -6.64. The summed E-state index contributed by atoms with van der Waals surface area (Å²) in [6, 6.07) is 67.6. The first-order valence-corrected chi connectivity index (χ1v) is 18.4. The maximum absolute atomic E-state index is 6.84. The van der Waals surface area contributed by atoms with Gasteiger partial charge in [-0.05, 0) is 68.8 Å². The minimum Gasteiger partial charge on any atom is -0.455 e. The molecule has 2 nitrogen and oxygen atoms in total. The van der Waals surface area contributed by atoms with Crippen molar-refractivity contribution in [3.63, 3.8) is 0 Å². The molecule has 0 unspecified atom stereocenters. The maximum Gasteiger partial charge on any atom is 0.143 e. The highest BCUT2D eigenvalue weighted by atomic mass is 16.3. The zero-order valence-electron chi connectivity index (χ0n) is 29.8. The molecule has 0 saturated carbocycles. The van der Waals surface area contributed by atoms with Crippen LogP contribution < -0.4 is 4.90 Å². The predicted molar refractivity (Wildman–Crippen MR) is 222 cm³/mol. The minimum atomic E-state index is -0.279.